The van der Waals surface area contributed by atoms with E-state index < -0.39 is 12.3 Å². The lowest BCUT2D eigenvalue weighted by Gasteiger charge is -2.18. The molecule has 108 valence electrons. The summed E-state index contributed by atoms with van der Waals surface area (Å²) in [5.41, 5.74) is -0.156. The molecule has 0 aliphatic carbocycles. The van der Waals surface area contributed by atoms with Gasteiger partial charge in [0.1, 0.15) is 5.75 Å². The van der Waals surface area contributed by atoms with Crippen LogP contribution in [0.3, 0.4) is 0 Å². The number of aliphatic hydroxyl groups is 1. The molecule has 0 heterocycles. The molecule has 2 rings (SSSR count). The quantitative estimate of drug-likeness (QED) is 0.910. The molecular weight excluding hydrogens is 269 g/mol. The number of benzene rings is 2. The Bertz CT molecular complexity index is 593. The van der Waals surface area contributed by atoms with E-state index >= 15 is 0 Å². The molecule has 0 saturated carbocycles. The lowest BCUT2D eigenvalue weighted by atomic mass is 9.99. The third kappa shape index (κ3) is 2.88. The third-order valence-electron chi connectivity index (χ3n) is 2.98. The van der Waals surface area contributed by atoms with Gasteiger partial charge >= 0.3 is 6.18 Å². The summed E-state index contributed by atoms with van der Waals surface area (Å²) in [4.78, 5) is 0. The molecule has 0 saturated heterocycles. The standard InChI is InChI=1S/C15H15F3O2/c1-2-9-20-13-8-7-12(14(19)15(16,17)18)10-5-3-4-6-11(10)13/h3-8,14,19H,2,9H2,1H3. The molecule has 5 heteroatoms. The van der Waals surface area contributed by atoms with Crippen molar-refractivity contribution in [1.82, 2.24) is 0 Å². The summed E-state index contributed by atoms with van der Waals surface area (Å²) in [5.74, 6) is 0.528. The van der Waals surface area contributed by atoms with Gasteiger partial charge in [-0.1, -0.05) is 37.3 Å². The van der Waals surface area contributed by atoms with Crippen molar-refractivity contribution in [2.45, 2.75) is 25.6 Å². The summed E-state index contributed by atoms with van der Waals surface area (Å²) in [6.45, 7) is 2.44. The maximum atomic E-state index is 12.7. The summed E-state index contributed by atoms with van der Waals surface area (Å²) in [5, 5.41) is 10.4. The highest BCUT2D eigenvalue weighted by atomic mass is 19.4. The van der Waals surface area contributed by atoms with Crippen molar-refractivity contribution in [3.05, 3.63) is 42.0 Å². The van der Waals surface area contributed by atoms with Crippen molar-refractivity contribution >= 4 is 10.8 Å². The number of fused-ring (bicyclic) bond motifs is 1. The van der Waals surface area contributed by atoms with E-state index in [0.717, 1.165) is 6.42 Å². The van der Waals surface area contributed by atoms with E-state index in [0.29, 0.717) is 23.1 Å². The maximum Gasteiger partial charge on any atom is 0.418 e. The van der Waals surface area contributed by atoms with Gasteiger partial charge in [-0.05, 0) is 23.4 Å². The number of hydrogen-bond donors (Lipinski definition) is 1. The molecule has 1 N–H and O–H groups in total. The zero-order valence-corrected chi connectivity index (χ0v) is 10.9. The van der Waals surface area contributed by atoms with Crippen LogP contribution in [0.1, 0.15) is 25.0 Å². The van der Waals surface area contributed by atoms with E-state index in [-0.39, 0.29) is 5.56 Å². The van der Waals surface area contributed by atoms with Gasteiger partial charge in [0.15, 0.2) is 6.10 Å². The van der Waals surface area contributed by atoms with Crippen molar-refractivity contribution in [3.63, 3.8) is 0 Å². The second kappa shape index (κ2) is 5.71. The Hall–Kier alpha value is -1.75. The van der Waals surface area contributed by atoms with Crippen molar-refractivity contribution in [2.24, 2.45) is 0 Å². The van der Waals surface area contributed by atoms with Gasteiger partial charge in [0.2, 0.25) is 0 Å². The van der Waals surface area contributed by atoms with Gasteiger partial charge in [-0.25, -0.2) is 0 Å². The van der Waals surface area contributed by atoms with Crippen LogP contribution in [-0.4, -0.2) is 17.9 Å². The zero-order chi connectivity index (χ0) is 14.8. The van der Waals surface area contributed by atoms with Crippen molar-refractivity contribution in [2.75, 3.05) is 6.61 Å². The van der Waals surface area contributed by atoms with Crippen molar-refractivity contribution < 1.29 is 23.0 Å². The van der Waals surface area contributed by atoms with E-state index in [1.54, 1.807) is 24.3 Å². The number of aliphatic hydroxyl groups excluding tert-OH is 1. The highest BCUT2D eigenvalue weighted by Gasteiger charge is 2.40. The largest absolute Gasteiger partial charge is 0.493 e. The lowest BCUT2D eigenvalue weighted by molar-refractivity contribution is -0.206. The molecule has 0 amide bonds. The predicted octanol–water partition coefficient (Wildman–Crippen LogP) is 4.22. The normalized spacial score (nSPS) is 13.4. The van der Waals surface area contributed by atoms with Crippen LogP contribution in [0, 0.1) is 0 Å². The highest BCUT2D eigenvalue weighted by molar-refractivity contribution is 5.91. The van der Waals surface area contributed by atoms with Gasteiger partial charge in [0, 0.05) is 5.39 Å². The van der Waals surface area contributed by atoms with Crippen molar-refractivity contribution in [1.29, 1.82) is 0 Å². The molecule has 20 heavy (non-hydrogen) atoms. The predicted molar refractivity (Wildman–Crippen MR) is 70.7 cm³/mol. The van der Waals surface area contributed by atoms with Crippen LogP contribution in [0.15, 0.2) is 36.4 Å². The Morgan fingerprint density at radius 3 is 2.35 bits per heavy atom. The first-order valence-electron chi connectivity index (χ1n) is 6.34. The molecule has 0 spiro atoms. The minimum Gasteiger partial charge on any atom is -0.493 e. The summed E-state index contributed by atoms with van der Waals surface area (Å²) >= 11 is 0. The second-order valence-electron chi connectivity index (χ2n) is 4.49. The van der Waals surface area contributed by atoms with Crippen LogP contribution >= 0.6 is 0 Å². The minimum atomic E-state index is -4.69. The van der Waals surface area contributed by atoms with Crippen LogP contribution in [0.5, 0.6) is 5.75 Å². The summed E-state index contributed by atoms with van der Waals surface area (Å²) < 4.78 is 43.6. The molecular formula is C15H15F3O2. The van der Waals surface area contributed by atoms with Gasteiger partial charge in [-0.15, -0.1) is 0 Å². The van der Waals surface area contributed by atoms with Crippen LogP contribution in [0.2, 0.25) is 0 Å². The fraction of sp³-hybridized carbons (Fsp3) is 0.333. The third-order valence-corrected chi connectivity index (χ3v) is 2.98. The molecule has 0 fully saturated rings. The first-order chi connectivity index (χ1) is 9.45. The van der Waals surface area contributed by atoms with E-state index in [2.05, 4.69) is 0 Å². The molecule has 2 nitrogen and oxygen atoms in total. The molecule has 1 atom stereocenters. The van der Waals surface area contributed by atoms with Crippen LogP contribution < -0.4 is 4.74 Å². The molecule has 1 unspecified atom stereocenters. The Morgan fingerprint density at radius 2 is 1.75 bits per heavy atom. The second-order valence-corrected chi connectivity index (χ2v) is 4.49. The van der Waals surface area contributed by atoms with Gasteiger partial charge in [-0.3, -0.25) is 0 Å². The Kier molecular flexibility index (Phi) is 4.18. The number of rotatable bonds is 4. The van der Waals surface area contributed by atoms with Crippen molar-refractivity contribution in [3.8, 4) is 5.75 Å². The fourth-order valence-corrected chi connectivity index (χ4v) is 2.05. The van der Waals surface area contributed by atoms with Crippen LogP contribution in [0.4, 0.5) is 13.2 Å². The van der Waals surface area contributed by atoms with E-state index in [4.69, 9.17) is 4.74 Å². The molecule has 0 radical (unpaired) electrons. The minimum absolute atomic E-state index is 0.156. The molecule has 2 aromatic rings. The summed E-state index contributed by atoms with van der Waals surface area (Å²) in [6, 6.07) is 9.35. The Labute approximate surface area is 114 Å². The fourth-order valence-electron chi connectivity index (χ4n) is 2.05. The van der Waals surface area contributed by atoms with E-state index in [1.807, 2.05) is 6.92 Å². The molecule has 0 bridgehead atoms. The van der Waals surface area contributed by atoms with Gasteiger partial charge in [0.05, 0.1) is 6.61 Å². The summed E-state index contributed by atoms with van der Waals surface area (Å²) in [7, 11) is 0. The van der Waals surface area contributed by atoms with Gasteiger partial charge in [-0.2, -0.15) is 13.2 Å². The SMILES string of the molecule is CCCOc1ccc(C(O)C(F)(F)F)c2ccccc12. The monoisotopic (exact) mass is 284 g/mol. The molecule has 2 aromatic carbocycles. The molecule has 0 aliphatic rings. The molecule has 0 aromatic heterocycles. The Balaban J connectivity index is 2.54. The molecule has 0 aliphatic heterocycles. The first kappa shape index (κ1) is 14.7. The number of alkyl halides is 3. The number of ether oxygens (including phenoxy) is 1. The average Bonchev–Trinajstić information content (AvgIpc) is 2.43. The topological polar surface area (TPSA) is 29.5 Å². The summed E-state index contributed by atoms with van der Waals surface area (Å²) in [6.07, 6.45) is -6.37. The number of halogens is 3. The Morgan fingerprint density at radius 1 is 1.10 bits per heavy atom. The number of hydrogen-bond acceptors (Lipinski definition) is 2. The van der Waals surface area contributed by atoms with Gasteiger partial charge < -0.3 is 9.84 Å². The highest BCUT2D eigenvalue weighted by Crippen LogP contribution is 2.38. The average molecular weight is 284 g/mol. The zero-order valence-electron chi connectivity index (χ0n) is 10.9. The lowest BCUT2D eigenvalue weighted by Crippen LogP contribution is -2.20. The van der Waals surface area contributed by atoms with Gasteiger partial charge in [0.25, 0.3) is 0 Å². The maximum absolute atomic E-state index is 12.7. The van der Waals surface area contributed by atoms with Crippen LogP contribution in [-0.2, 0) is 0 Å². The van der Waals surface area contributed by atoms with E-state index in [1.165, 1.54) is 12.1 Å². The smallest absolute Gasteiger partial charge is 0.418 e. The first-order valence-corrected chi connectivity index (χ1v) is 6.34. The van der Waals surface area contributed by atoms with E-state index in [9.17, 15) is 18.3 Å². The van der Waals surface area contributed by atoms with Crippen LogP contribution in [0.25, 0.3) is 10.8 Å².